The molecule has 132 valence electrons. The molecular weight excluding hydrogens is 324 g/mol. The minimum Gasteiger partial charge on any atom is -0.385 e. The van der Waals surface area contributed by atoms with Crippen molar-refractivity contribution >= 4 is 11.6 Å². The number of benzene rings is 1. The molecule has 0 aliphatic rings. The summed E-state index contributed by atoms with van der Waals surface area (Å²) in [5.74, 6) is -0.185. The third-order valence-corrected chi connectivity index (χ3v) is 4.01. The van der Waals surface area contributed by atoms with Crippen LogP contribution < -0.4 is 10.6 Å². The van der Waals surface area contributed by atoms with Crippen molar-refractivity contribution in [3.63, 3.8) is 0 Å². The molecule has 26 heavy (non-hydrogen) atoms. The molecule has 1 amide bonds. The Morgan fingerprint density at radius 3 is 2.54 bits per heavy atom. The minimum atomic E-state index is -0.185. The number of amides is 1. The van der Waals surface area contributed by atoms with Crippen LogP contribution in [-0.4, -0.2) is 22.4 Å². The van der Waals surface area contributed by atoms with Crippen LogP contribution in [0.3, 0.4) is 0 Å². The first-order valence-electron chi connectivity index (χ1n) is 8.72. The van der Waals surface area contributed by atoms with Gasteiger partial charge in [0.2, 0.25) is 0 Å². The van der Waals surface area contributed by atoms with E-state index in [1.807, 2.05) is 24.3 Å². The van der Waals surface area contributed by atoms with Crippen LogP contribution in [0.5, 0.6) is 0 Å². The maximum absolute atomic E-state index is 12.3. The van der Waals surface area contributed by atoms with Crippen LogP contribution in [0.25, 0.3) is 0 Å². The van der Waals surface area contributed by atoms with Crippen molar-refractivity contribution in [2.75, 3.05) is 11.9 Å². The molecule has 5 heteroatoms. The predicted molar refractivity (Wildman–Crippen MR) is 103 cm³/mol. The van der Waals surface area contributed by atoms with Gasteiger partial charge in [-0.25, -0.2) is 0 Å². The molecule has 3 aromatic rings. The zero-order chi connectivity index (χ0) is 18.0. The Kier molecular flexibility index (Phi) is 6.31. The lowest BCUT2D eigenvalue weighted by atomic mass is 10.1. The summed E-state index contributed by atoms with van der Waals surface area (Å²) in [7, 11) is 0. The average molecular weight is 346 g/mol. The van der Waals surface area contributed by atoms with Gasteiger partial charge in [-0.15, -0.1) is 0 Å². The zero-order valence-corrected chi connectivity index (χ0v) is 14.6. The Balaban J connectivity index is 1.47. The number of carbonyl (C=O) groups excluding carboxylic acids is 1. The molecule has 0 bridgehead atoms. The van der Waals surface area contributed by atoms with Crippen LogP contribution in [0.1, 0.15) is 28.0 Å². The number of hydrogen-bond donors (Lipinski definition) is 2. The normalized spacial score (nSPS) is 10.3. The largest absolute Gasteiger partial charge is 0.385 e. The van der Waals surface area contributed by atoms with Crippen molar-refractivity contribution in [2.24, 2.45) is 0 Å². The lowest BCUT2D eigenvalue weighted by Gasteiger charge is -2.09. The first kappa shape index (κ1) is 17.6. The fourth-order valence-electron chi connectivity index (χ4n) is 2.61. The van der Waals surface area contributed by atoms with E-state index in [-0.39, 0.29) is 5.91 Å². The SMILES string of the molecule is O=C(NCc1ccncc1)c1cc(NCCCc2ccccc2)ccn1. The molecule has 0 spiro atoms. The molecule has 2 heterocycles. The average Bonchev–Trinajstić information content (AvgIpc) is 2.71. The van der Waals surface area contributed by atoms with Gasteiger partial charge >= 0.3 is 0 Å². The molecule has 3 rings (SSSR count). The Labute approximate surface area is 153 Å². The highest BCUT2D eigenvalue weighted by Gasteiger charge is 2.07. The van der Waals surface area contributed by atoms with Crippen LogP contribution in [0.15, 0.2) is 73.2 Å². The Bertz CT molecular complexity index is 822. The first-order valence-corrected chi connectivity index (χ1v) is 8.72. The summed E-state index contributed by atoms with van der Waals surface area (Å²) in [6, 6.07) is 17.8. The van der Waals surface area contributed by atoms with Crippen LogP contribution in [0.4, 0.5) is 5.69 Å². The maximum Gasteiger partial charge on any atom is 0.270 e. The number of anilines is 1. The van der Waals surface area contributed by atoms with Crippen molar-refractivity contribution in [1.29, 1.82) is 0 Å². The van der Waals surface area contributed by atoms with E-state index in [1.165, 1.54) is 5.56 Å². The van der Waals surface area contributed by atoms with E-state index >= 15 is 0 Å². The molecule has 0 fully saturated rings. The highest BCUT2D eigenvalue weighted by Crippen LogP contribution is 2.09. The van der Waals surface area contributed by atoms with Crippen LogP contribution in [0, 0.1) is 0 Å². The van der Waals surface area contributed by atoms with Gasteiger partial charge in [0, 0.05) is 37.4 Å². The van der Waals surface area contributed by atoms with Crippen LogP contribution in [0.2, 0.25) is 0 Å². The summed E-state index contributed by atoms with van der Waals surface area (Å²) < 4.78 is 0. The van der Waals surface area contributed by atoms with Crippen LogP contribution in [-0.2, 0) is 13.0 Å². The summed E-state index contributed by atoms with van der Waals surface area (Å²) in [5, 5.41) is 6.23. The number of nitrogens with zero attached hydrogens (tertiary/aromatic N) is 2. The van der Waals surface area contributed by atoms with Crippen molar-refractivity contribution < 1.29 is 4.79 Å². The molecule has 2 aromatic heterocycles. The van der Waals surface area contributed by atoms with E-state index in [1.54, 1.807) is 24.7 Å². The summed E-state index contributed by atoms with van der Waals surface area (Å²) in [4.78, 5) is 20.4. The fraction of sp³-hybridized carbons (Fsp3) is 0.190. The van der Waals surface area contributed by atoms with Crippen LogP contribution >= 0.6 is 0 Å². The maximum atomic E-state index is 12.3. The molecular formula is C21H22N4O. The molecule has 0 aliphatic carbocycles. The highest BCUT2D eigenvalue weighted by atomic mass is 16.1. The second-order valence-corrected chi connectivity index (χ2v) is 5.98. The van der Waals surface area contributed by atoms with Gasteiger partial charge < -0.3 is 10.6 Å². The second kappa shape index (κ2) is 9.32. The van der Waals surface area contributed by atoms with Crippen molar-refractivity contribution in [2.45, 2.75) is 19.4 Å². The smallest absolute Gasteiger partial charge is 0.270 e. The van der Waals surface area contributed by atoms with Gasteiger partial charge in [0.25, 0.3) is 5.91 Å². The lowest BCUT2D eigenvalue weighted by molar-refractivity contribution is 0.0946. The molecule has 0 aliphatic heterocycles. The van der Waals surface area contributed by atoms with Crippen molar-refractivity contribution in [3.8, 4) is 0 Å². The van der Waals surface area contributed by atoms with Gasteiger partial charge in [-0.1, -0.05) is 30.3 Å². The van der Waals surface area contributed by atoms with Crippen molar-refractivity contribution in [1.82, 2.24) is 15.3 Å². The molecule has 5 nitrogen and oxygen atoms in total. The first-order chi connectivity index (χ1) is 12.8. The fourth-order valence-corrected chi connectivity index (χ4v) is 2.61. The number of carbonyl (C=O) groups is 1. The predicted octanol–water partition coefficient (Wildman–Crippen LogP) is 3.45. The number of hydrogen-bond acceptors (Lipinski definition) is 4. The number of nitrogens with one attached hydrogen (secondary N) is 2. The summed E-state index contributed by atoms with van der Waals surface area (Å²) in [6.07, 6.45) is 7.12. The monoisotopic (exact) mass is 346 g/mol. The third-order valence-electron chi connectivity index (χ3n) is 4.01. The molecule has 0 saturated heterocycles. The molecule has 1 aromatic carbocycles. The van der Waals surface area contributed by atoms with Crippen molar-refractivity contribution in [3.05, 3.63) is 90.0 Å². The topological polar surface area (TPSA) is 66.9 Å². The van der Waals surface area contributed by atoms with Gasteiger partial charge in [0.15, 0.2) is 0 Å². The molecule has 0 atom stereocenters. The standard InChI is InChI=1S/C21H22N4O/c26-21(25-16-18-8-12-22-13-9-18)20-15-19(10-14-24-20)23-11-4-7-17-5-2-1-3-6-17/h1-3,5-6,8-10,12-15H,4,7,11,16H2,(H,23,24)(H,25,26). The lowest BCUT2D eigenvalue weighted by Crippen LogP contribution is -2.23. The van der Waals surface area contributed by atoms with E-state index in [9.17, 15) is 4.79 Å². The number of aromatic nitrogens is 2. The Morgan fingerprint density at radius 2 is 1.73 bits per heavy atom. The summed E-state index contributed by atoms with van der Waals surface area (Å²) >= 11 is 0. The molecule has 0 radical (unpaired) electrons. The summed E-state index contributed by atoms with van der Waals surface area (Å²) in [5.41, 5.74) is 3.65. The molecule has 2 N–H and O–H groups in total. The van der Waals surface area contributed by atoms with E-state index < -0.39 is 0 Å². The quantitative estimate of drug-likeness (QED) is 0.613. The molecule has 0 saturated carbocycles. The second-order valence-electron chi connectivity index (χ2n) is 5.98. The minimum absolute atomic E-state index is 0.185. The van der Waals surface area contributed by atoms with E-state index in [0.29, 0.717) is 12.2 Å². The Morgan fingerprint density at radius 1 is 0.923 bits per heavy atom. The van der Waals surface area contributed by atoms with Gasteiger partial charge in [0.1, 0.15) is 5.69 Å². The molecule has 0 unspecified atom stereocenters. The van der Waals surface area contributed by atoms with Gasteiger partial charge in [-0.3, -0.25) is 14.8 Å². The summed E-state index contributed by atoms with van der Waals surface area (Å²) in [6.45, 7) is 1.30. The van der Waals surface area contributed by atoms with Gasteiger partial charge in [-0.2, -0.15) is 0 Å². The highest BCUT2D eigenvalue weighted by molar-refractivity contribution is 5.93. The van der Waals surface area contributed by atoms with Gasteiger partial charge in [0.05, 0.1) is 0 Å². The number of pyridine rings is 2. The van der Waals surface area contributed by atoms with E-state index in [0.717, 1.165) is 30.6 Å². The third kappa shape index (κ3) is 5.41. The number of aryl methyl sites for hydroxylation is 1. The van der Waals surface area contributed by atoms with Gasteiger partial charge in [-0.05, 0) is 48.2 Å². The zero-order valence-electron chi connectivity index (χ0n) is 14.6. The van der Waals surface area contributed by atoms with E-state index in [2.05, 4.69) is 44.9 Å². The Hall–Kier alpha value is -3.21. The van der Waals surface area contributed by atoms with E-state index in [4.69, 9.17) is 0 Å². The number of rotatable bonds is 8.